The fraction of sp³-hybridized carbons (Fsp3) is 0.444. The minimum Gasteiger partial charge on any atom is -0.379 e. The van der Waals surface area contributed by atoms with Crippen LogP contribution in [-0.2, 0) is 9.59 Å². The Morgan fingerprint density at radius 1 is 1.27 bits per heavy atom. The summed E-state index contributed by atoms with van der Waals surface area (Å²) in [6.07, 6.45) is 1.12. The van der Waals surface area contributed by atoms with E-state index in [0.717, 1.165) is 4.90 Å². The number of fused-ring (bicyclic) bond motifs is 1. The average Bonchev–Trinajstić information content (AvgIpc) is 2.91. The molecule has 0 saturated heterocycles. The van der Waals surface area contributed by atoms with E-state index in [-0.39, 0.29) is 24.0 Å². The van der Waals surface area contributed by atoms with Crippen molar-refractivity contribution >= 4 is 29.8 Å². The molecule has 0 spiro atoms. The van der Waals surface area contributed by atoms with E-state index < -0.39 is 23.8 Å². The first-order chi connectivity index (χ1) is 12.6. The highest BCUT2D eigenvalue weighted by atomic mass is 16.2. The van der Waals surface area contributed by atoms with Gasteiger partial charge in [-0.3, -0.25) is 29.4 Å². The number of imide groups is 2. The molecule has 0 radical (unpaired) electrons. The van der Waals surface area contributed by atoms with Gasteiger partial charge in [-0.1, -0.05) is 33.3 Å². The molecular weight excluding hydrogens is 336 g/mol. The predicted octanol–water partition coefficient (Wildman–Crippen LogP) is 0.404. The lowest BCUT2D eigenvalue weighted by Crippen LogP contribution is -2.53. The maximum atomic E-state index is 12.8. The van der Waals surface area contributed by atoms with Gasteiger partial charge >= 0.3 is 0 Å². The van der Waals surface area contributed by atoms with Crippen LogP contribution in [0, 0.1) is 0 Å². The third-order valence-corrected chi connectivity index (χ3v) is 3.82. The molecule has 2 rings (SSSR count). The summed E-state index contributed by atoms with van der Waals surface area (Å²) in [6.45, 7) is 7.01. The summed E-state index contributed by atoms with van der Waals surface area (Å²) < 4.78 is 0. The Balaban J connectivity index is 0.00000163. The molecule has 0 saturated carbocycles. The van der Waals surface area contributed by atoms with Crippen LogP contribution < -0.4 is 16.4 Å². The van der Waals surface area contributed by atoms with Crippen molar-refractivity contribution in [3.8, 4) is 0 Å². The molecule has 1 aliphatic rings. The molecule has 26 heavy (non-hydrogen) atoms. The van der Waals surface area contributed by atoms with E-state index in [2.05, 4.69) is 11.1 Å². The van der Waals surface area contributed by atoms with Crippen LogP contribution in [0.15, 0.2) is 18.2 Å². The molecule has 1 aliphatic heterocycles. The number of benzene rings is 1. The molecule has 1 unspecified atom stereocenters. The lowest BCUT2D eigenvalue weighted by atomic mass is 10.1. The normalized spacial score (nSPS) is 13.5. The number of nitrogens with zero attached hydrogens (tertiary/aromatic N) is 1. The van der Waals surface area contributed by atoms with E-state index in [4.69, 9.17) is 0 Å². The molecule has 8 nitrogen and oxygen atoms in total. The van der Waals surface area contributed by atoms with Gasteiger partial charge in [0.2, 0.25) is 12.3 Å². The Kier molecular flexibility index (Phi) is 8.44. The lowest BCUT2D eigenvalue weighted by Gasteiger charge is -2.24. The van der Waals surface area contributed by atoms with E-state index in [0.29, 0.717) is 25.2 Å². The van der Waals surface area contributed by atoms with Gasteiger partial charge in [-0.05, 0) is 18.6 Å². The Bertz CT molecular complexity index is 675. The van der Waals surface area contributed by atoms with E-state index >= 15 is 0 Å². The second kappa shape index (κ2) is 10.3. The number of amides is 4. The van der Waals surface area contributed by atoms with Gasteiger partial charge in [-0.25, -0.2) is 0 Å². The lowest BCUT2D eigenvalue weighted by molar-refractivity contribution is -0.362. The zero-order valence-corrected chi connectivity index (χ0v) is 15.5. The van der Waals surface area contributed by atoms with Gasteiger partial charge in [0.1, 0.15) is 6.04 Å². The Morgan fingerprint density at radius 2 is 1.96 bits per heavy atom. The van der Waals surface area contributed by atoms with Crippen molar-refractivity contribution < 1.29 is 24.9 Å². The number of nitrogens with one attached hydrogen (secondary N) is 2. The van der Waals surface area contributed by atoms with Crippen LogP contribution in [0.3, 0.4) is 0 Å². The molecule has 1 aromatic rings. The predicted molar refractivity (Wildman–Crippen MR) is 97.4 cm³/mol. The SMILES string of the molecule is CC.CCCC(C(=O)NC=O)N1C(=O)c2cccc(NCC[NH3+])c2C1=O. The van der Waals surface area contributed by atoms with Crippen LogP contribution in [0.1, 0.15) is 54.3 Å². The monoisotopic (exact) mass is 363 g/mol. The fourth-order valence-corrected chi connectivity index (χ4v) is 2.76. The number of carbonyl (C=O) groups is 4. The van der Waals surface area contributed by atoms with Crippen LogP contribution in [0.5, 0.6) is 0 Å². The van der Waals surface area contributed by atoms with Crippen molar-refractivity contribution in [2.45, 2.75) is 39.7 Å². The van der Waals surface area contributed by atoms with Crippen LogP contribution in [0.4, 0.5) is 5.69 Å². The molecule has 1 heterocycles. The quantitative estimate of drug-likeness (QED) is 0.456. The molecule has 1 atom stereocenters. The van der Waals surface area contributed by atoms with Crippen molar-refractivity contribution in [1.82, 2.24) is 10.2 Å². The van der Waals surface area contributed by atoms with Crippen molar-refractivity contribution in [3.05, 3.63) is 29.3 Å². The van der Waals surface area contributed by atoms with Gasteiger partial charge in [0.25, 0.3) is 11.8 Å². The molecule has 0 aliphatic carbocycles. The van der Waals surface area contributed by atoms with E-state index in [1.807, 2.05) is 26.1 Å². The van der Waals surface area contributed by atoms with Gasteiger partial charge in [-0.2, -0.15) is 0 Å². The minimum absolute atomic E-state index is 0.254. The van der Waals surface area contributed by atoms with Crippen molar-refractivity contribution in [2.75, 3.05) is 18.4 Å². The molecule has 4 amide bonds. The molecule has 0 bridgehead atoms. The first-order valence-electron chi connectivity index (χ1n) is 8.84. The molecule has 8 heteroatoms. The third kappa shape index (κ3) is 4.26. The minimum atomic E-state index is -1.01. The number of quaternary nitrogens is 1. The van der Waals surface area contributed by atoms with E-state index in [1.54, 1.807) is 18.2 Å². The fourth-order valence-electron chi connectivity index (χ4n) is 2.76. The highest BCUT2D eigenvalue weighted by Crippen LogP contribution is 2.31. The maximum Gasteiger partial charge on any atom is 0.264 e. The Morgan fingerprint density at radius 3 is 2.54 bits per heavy atom. The van der Waals surface area contributed by atoms with Gasteiger partial charge in [0, 0.05) is 5.69 Å². The zero-order valence-electron chi connectivity index (χ0n) is 15.5. The number of carbonyl (C=O) groups excluding carboxylic acids is 4. The van der Waals surface area contributed by atoms with E-state index in [1.165, 1.54) is 0 Å². The van der Waals surface area contributed by atoms with E-state index in [9.17, 15) is 19.2 Å². The average molecular weight is 363 g/mol. The smallest absolute Gasteiger partial charge is 0.264 e. The first-order valence-corrected chi connectivity index (χ1v) is 8.84. The summed E-state index contributed by atoms with van der Waals surface area (Å²) in [5, 5.41) is 5.11. The Hall–Kier alpha value is -2.74. The number of anilines is 1. The molecular formula is C18H27N4O4+. The second-order valence-corrected chi connectivity index (χ2v) is 5.42. The molecule has 0 aromatic heterocycles. The number of hydrogen-bond donors (Lipinski definition) is 3. The summed E-state index contributed by atoms with van der Waals surface area (Å²) >= 11 is 0. The molecule has 1 aromatic carbocycles. The topological polar surface area (TPSA) is 123 Å². The summed E-state index contributed by atoms with van der Waals surface area (Å²) in [6, 6.07) is 3.95. The van der Waals surface area contributed by atoms with Crippen molar-refractivity contribution in [1.29, 1.82) is 0 Å². The summed E-state index contributed by atoms with van der Waals surface area (Å²) in [5.41, 5.74) is 4.79. The summed E-state index contributed by atoms with van der Waals surface area (Å²) in [4.78, 5) is 49.1. The highest BCUT2D eigenvalue weighted by Gasteiger charge is 2.43. The van der Waals surface area contributed by atoms with Crippen LogP contribution >= 0.6 is 0 Å². The van der Waals surface area contributed by atoms with Gasteiger partial charge < -0.3 is 11.1 Å². The highest BCUT2D eigenvalue weighted by molar-refractivity contribution is 6.25. The second-order valence-electron chi connectivity index (χ2n) is 5.42. The van der Waals surface area contributed by atoms with Crippen LogP contribution in [0.2, 0.25) is 0 Å². The summed E-state index contributed by atoms with van der Waals surface area (Å²) in [7, 11) is 0. The standard InChI is InChI=1S/C16H20N4O4.C2H6/c1-2-4-12(14(22)19-9-21)20-15(23)10-5-3-6-11(18-8-7-17)13(10)16(20)24;1-2/h3,5-6,9,12,18H,2,4,7-8,17H2,1H3,(H,19,21,22);1-2H3/p+1. The Labute approximate surface area is 153 Å². The van der Waals surface area contributed by atoms with Crippen LogP contribution in [-0.4, -0.2) is 48.2 Å². The van der Waals surface area contributed by atoms with Crippen molar-refractivity contribution in [3.63, 3.8) is 0 Å². The van der Waals surface area contributed by atoms with Crippen molar-refractivity contribution in [2.24, 2.45) is 0 Å². The van der Waals surface area contributed by atoms with Gasteiger partial charge in [-0.15, -0.1) is 0 Å². The van der Waals surface area contributed by atoms with Gasteiger partial charge in [0.15, 0.2) is 0 Å². The summed E-state index contributed by atoms with van der Waals surface area (Å²) in [5.74, 6) is -1.71. The molecule has 5 N–H and O–H groups in total. The van der Waals surface area contributed by atoms with Crippen LogP contribution in [0.25, 0.3) is 0 Å². The third-order valence-electron chi connectivity index (χ3n) is 3.82. The number of hydrogen-bond acceptors (Lipinski definition) is 5. The maximum absolute atomic E-state index is 12.8. The largest absolute Gasteiger partial charge is 0.379 e. The number of rotatable bonds is 8. The molecule has 142 valence electrons. The first kappa shape index (κ1) is 21.3. The molecule has 0 fully saturated rings. The zero-order chi connectivity index (χ0) is 19.7. The van der Waals surface area contributed by atoms with Gasteiger partial charge in [0.05, 0.1) is 24.2 Å².